The third kappa shape index (κ3) is 3.41. The number of aliphatic hydroxyl groups excluding tert-OH is 1. The fraction of sp³-hybridized carbons (Fsp3) is 0.250. The van der Waals surface area contributed by atoms with Crippen LogP contribution in [0.5, 0.6) is 5.75 Å². The summed E-state index contributed by atoms with van der Waals surface area (Å²) in [5, 5.41) is 10.9. The highest BCUT2D eigenvalue weighted by molar-refractivity contribution is 6.46. The second kappa shape index (κ2) is 8.01. The van der Waals surface area contributed by atoms with Gasteiger partial charge in [0.15, 0.2) is 0 Å². The molecule has 1 aromatic carbocycles. The van der Waals surface area contributed by atoms with E-state index in [1.165, 1.54) is 19.1 Å². The highest BCUT2D eigenvalue weighted by atomic mass is 16.5. The maximum atomic E-state index is 12.8. The maximum Gasteiger partial charge on any atom is 0.295 e. The summed E-state index contributed by atoms with van der Waals surface area (Å²) < 4.78 is 10.4. The van der Waals surface area contributed by atoms with Crippen molar-refractivity contribution >= 4 is 17.4 Å². The maximum absolute atomic E-state index is 12.8. The molecule has 0 bridgehead atoms. The molecule has 1 aliphatic heterocycles. The van der Waals surface area contributed by atoms with Crippen molar-refractivity contribution < 1.29 is 24.2 Å². The normalized spacial score (nSPS) is 18.7. The highest BCUT2D eigenvalue weighted by Crippen LogP contribution is 2.40. The first-order valence-electron chi connectivity index (χ1n) is 8.40. The smallest absolute Gasteiger partial charge is 0.295 e. The van der Waals surface area contributed by atoms with Gasteiger partial charge in [0.1, 0.15) is 11.5 Å². The van der Waals surface area contributed by atoms with Crippen LogP contribution < -0.4 is 4.74 Å². The van der Waals surface area contributed by atoms with Gasteiger partial charge in [-0.15, -0.1) is 0 Å². The number of nitrogens with zero attached hydrogens (tertiary/aromatic N) is 2. The van der Waals surface area contributed by atoms with E-state index in [-0.39, 0.29) is 24.5 Å². The second-order valence-electron chi connectivity index (χ2n) is 5.97. The number of para-hydroxylation sites is 1. The Morgan fingerprint density at radius 1 is 1.19 bits per heavy atom. The zero-order valence-electron chi connectivity index (χ0n) is 15.1. The molecule has 27 heavy (non-hydrogen) atoms. The van der Waals surface area contributed by atoms with Gasteiger partial charge >= 0.3 is 0 Å². The minimum absolute atomic E-state index is 0.00797. The van der Waals surface area contributed by atoms with Crippen LogP contribution in [-0.4, -0.2) is 54.1 Å². The number of likely N-dealkylation sites (tertiary alicyclic amines) is 1. The van der Waals surface area contributed by atoms with Gasteiger partial charge in [-0.2, -0.15) is 0 Å². The quantitative estimate of drug-likeness (QED) is 0.477. The lowest BCUT2D eigenvalue weighted by Crippen LogP contribution is -2.32. The summed E-state index contributed by atoms with van der Waals surface area (Å²) in [5.41, 5.74) is 0.983. The van der Waals surface area contributed by atoms with Crippen molar-refractivity contribution in [1.29, 1.82) is 0 Å². The van der Waals surface area contributed by atoms with Gasteiger partial charge in [-0.1, -0.05) is 18.2 Å². The molecule has 7 heteroatoms. The van der Waals surface area contributed by atoms with Crippen molar-refractivity contribution in [3.05, 3.63) is 65.5 Å². The SMILES string of the molecule is COCCN1C(=O)C(=O)/C(=C(\O)c2ccccc2OC)C1c1cccnc1. The molecule has 140 valence electrons. The minimum Gasteiger partial charge on any atom is -0.507 e. The van der Waals surface area contributed by atoms with E-state index in [2.05, 4.69) is 4.98 Å². The summed E-state index contributed by atoms with van der Waals surface area (Å²) in [7, 11) is 2.99. The number of aliphatic hydroxyl groups is 1. The van der Waals surface area contributed by atoms with E-state index in [0.29, 0.717) is 16.9 Å². The van der Waals surface area contributed by atoms with Gasteiger partial charge in [-0.05, 0) is 23.8 Å². The van der Waals surface area contributed by atoms with Crippen molar-refractivity contribution in [2.45, 2.75) is 6.04 Å². The molecule has 7 nitrogen and oxygen atoms in total. The van der Waals surface area contributed by atoms with Gasteiger partial charge in [-0.3, -0.25) is 14.6 Å². The molecule has 0 radical (unpaired) electrons. The molecule has 1 saturated heterocycles. The van der Waals surface area contributed by atoms with Crippen LogP contribution in [0.4, 0.5) is 0 Å². The molecule has 1 amide bonds. The minimum atomic E-state index is -0.751. The number of ketones is 1. The fourth-order valence-corrected chi connectivity index (χ4v) is 3.17. The summed E-state index contributed by atoms with van der Waals surface area (Å²) >= 11 is 0. The Morgan fingerprint density at radius 2 is 1.96 bits per heavy atom. The van der Waals surface area contributed by atoms with Crippen LogP contribution in [0.2, 0.25) is 0 Å². The Kier molecular flexibility index (Phi) is 5.52. The average molecular weight is 368 g/mol. The Balaban J connectivity index is 2.18. The third-order valence-corrected chi connectivity index (χ3v) is 4.44. The van der Waals surface area contributed by atoms with Crippen molar-refractivity contribution in [3.8, 4) is 5.75 Å². The van der Waals surface area contributed by atoms with Crippen molar-refractivity contribution in [2.24, 2.45) is 0 Å². The Morgan fingerprint density at radius 3 is 2.63 bits per heavy atom. The summed E-state index contributed by atoms with van der Waals surface area (Å²) in [5.74, 6) is -1.30. The monoisotopic (exact) mass is 368 g/mol. The number of hydrogen-bond donors (Lipinski definition) is 1. The molecule has 0 aliphatic carbocycles. The van der Waals surface area contributed by atoms with Crippen LogP contribution in [-0.2, 0) is 14.3 Å². The van der Waals surface area contributed by atoms with E-state index in [9.17, 15) is 14.7 Å². The molecule has 2 heterocycles. The lowest BCUT2D eigenvalue weighted by molar-refractivity contribution is -0.140. The first-order valence-corrected chi connectivity index (χ1v) is 8.40. The molecule has 0 spiro atoms. The van der Waals surface area contributed by atoms with Crippen LogP contribution in [0.3, 0.4) is 0 Å². The first-order chi connectivity index (χ1) is 13.1. The Hall–Kier alpha value is -3.19. The number of carbonyl (C=O) groups excluding carboxylic acids is 2. The second-order valence-corrected chi connectivity index (χ2v) is 5.97. The average Bonchev–Trinajstić information content (AvgIpc) is 2.97. The van der Waals surface area contributed by atoms with Crippen molar-refractivity contribution in [1.82, 2.24) is 9.88 Å². The molecule has 3 rings (SSSR count). The van der Waals surface area contributed by atoms with Gasteiger partial charge in [0, 0.05) is 26.0 Å². The van der Waals surface area contributed by atoms with E-state index in [4.69, 9.17) is 9.47 Å². The standard InChI is InChI=1S/C20H20N2O5/c1-26-11-10-22-17(13-6-5-9-21-12-13)16(19(24)20(22)25)18(23)14-7-3-4-8-15(14)27-2/h3-9,12,17,23H,10-11H2,1-2H3/b18-16-. The van der Waals surface area contributed by atoms with E-state index in [1.807, 2.05) is 0 Å². The molecule has 1 aliphatic rings. The number of methoxy groups -OCH3 is 2. The zero-order valence-corrected chi connectivity index (χ0v) is 15.1. The molecule has 1 atom stereocenters. The predicted octanol–water partition coefficient (Wildman–Crippen LogP) is 2.16. The molecule has 2 aromatic rings. The van der Waals surface area contributed by atoms with E-state index < -0.39 is 17.7 Å². The summed E-state index contributed by atoms with van der Waals surface area (Å²) in [6, 6.07) is 9.52. The number of aromatic nitrogens is 1. The highest BCUT2D eigenvalue weighted by Gasteiger charge is 2.46. The molecular formula is C20H20N2O5. The topological polar surface area (TPSA) is 89.0 Å². The molecule has 1 N–H and O–H groups in total. The fourth-order valence-electron chi connectivity index (χ4n) is 3.17. The number of pyridine rings is 1. The number of benzene rings is 1. The summed E-state index contributed by atoms with van der Waals surface area (Å²) in [4.78, 5) is 30.9. The van der Waals surface area contributed by atoms with Crippen LogP contribution in [0, 0.1) is 0 Å². The van der Waals surface area contributed by atoms with Gasteiger partial charge < -0.3 is 19.5 Å². The van der Waals surface area contributed by atoms with Crippen LogP contribution in [0.15, 0.2) is 54.4 Å². The molecule has 1 fully saturated rings. The van der Waals surface area contributed by atoms with E-state index in [0.717, 1.165) is 0 Å². The Bertz CT molecular complexity index is 879. The zero-order chi connectivity index (χ0) is 19.4. The first kappa shape index (κ1) is 18.6. The molecule has 1 aromatic heterocycles. The lowest BCUT2D eigenvalue weighted by atomic mass is 9.96. The number of rotatable bonds is 6. The van der Waals surface area contributed by atoms with Crippen LogP contribution in [0.25, 0.3) is 5.76 Å². The molecular weight excluding hydrogens is 348 g/mol. The summed E-state index contributed by atoms with van der Waals surface area (Å²) in [6.45, 7) is 0.474. The summed E-state index contributed by atoms with van der Waals surface area (Å²) in [6.07, 6.45) is 3.18. The molecule has 1 unspecified atom stereocenters. The number of hydrogen-bond acceptors (Lipinski definition) is 6. The number of ether oxygens (including phenoxy) is 2. The number of Topliss-reactive ketones (excluding diaryl/α,β-unsaturated/α-hetero) is 1. The van der Waals surface area contributed by atoms with Crippen molar-refractivity contribution in [3.63, 3.8) is 0 Å². The third-order valence-electron chi connectivity index (χ3n) is 4.44. The van der Waals surface area contributed by atoms with Gasteiger partial charge in [0.25, 0.3) is 11.7 Å². The van der Waals surface area contributed by atoms with Crippen molar-refractivity contribution in [2.75, 3.05) is 27.4 Å². The number of carbonyl (C=O) groups is 2. The van der Waals surface area contributed by atoms with Crippen LogP contribution in [0.1, 0.15) is 17.2 Å². The van der Waals surface area contributed by atoms with Gasteiger partial charge in [0.05, 0.1) is 30.9 Å². The van der Waals surface area contributed by atoms with E-state index in [1.54, 1.807) is 48.8 Å². The number of amides is 1. The Labute approximate surface area is 156 Å². The predicted molar refractivity (Wildman–Crippen MR) is 98.1 cm³/mol. The lowest BCUT2D eigenvalue weighted by Gasteiger charge is -2.24. The molecule has 0 saturated carbocycles. The van der Waals surface area contributed by atoms with Gasteiger partial charge in [0.2, 0.25) is 0 Å². The van der Waals surface area contributed by atoms with Crippen LogP contribution >= 0.6 is 0 Å². The van der Waals surface area contributed by atoms with Gasteiger partial charge in [-0.25, -0.2) is 0 Å². The largest absolute Gasteiger partial charge is 0.507 e. The van der Waals surface area contributed by atoms with E-state index >= 15 is 0 Å².